The Morgan fingerprint density at radius 2 is 1.95 bits per heavy atom. The number of hydrogen-bond donors (Lipinski definition) is 1. The van der Waals surface area contributed by atoms with E-state index >= 15 is 0 Å². The molecule has 0 aromatic carbocycles. The van der Waals surface area contributed by atoms with Gasteiger partial charge in [0.25, 0.3) is 5.91 Å². The molecule has 1 aromatic rings. The van der Waals surface area contributed by atoms with Crippen molar-refractivity contribution < 1.29 is 4.79 Å². The van der Waals surface area contributed by atoms with Crippen LogP contribution in [0.4, 0.5) is 5.00 Å². The molecule has 4 heteroatoms. The van der Waals surface area contributed by atoms with Crippen molar-refractivity contribution in [1.29, 1.82) is 0 Å². The first-order valence-corrected chi connectivity index (χ1v) is 8.45. The maximum absolute atomic E-state index is 12.9. The lowest BCUT2D eigenvalue weighted by Gasteiger charge is -2.27. The van der Waals surface area contributed by atoms with Gasteiger partial charge in [-0.3, -0.25) is 4.79 Å². The van der Waals surface area contributed by atoms with Gasteiger partial charge in [0.15, 0.2) is 0 Å². The van der Waals surface area contributed by atoms with Gasteiger partial charge in [-0.05, 0) is 37.2 Å². The summed E-state index contributed by atoms with van der Waals surface area (Å²) in [7, 11) is 0. The van der Waals surface area contributed by atoms with E-state index in [1.54, 1.807) is 11.3 Å². The van der Waals surface area contributed by atoms with Crippen LogP contribution < -0.4 is 5.73 Å². The minimum atomic E-state index is 0.161. The second kappa shape index (κ2) is 4.76. The number of amides is 1. The van der Waals surface area contributed by atoms with Gasteiger partial charge in [0.05, 0.1) is 10.6 Å². The Morgan fingerprint density at radius 3 is 2.60 bits per heavy atom. The van der Waals surface area contributed by atoms with Crippen LogP contribution in [0.25, 0.3) is 0 Å². The molecule has 0 bridgehead atoms. The van der Waals surface area contributed by atoms with Crippen molar-refractivity contribution in [3.05, 3.63) is 16.0 Å². The molecule has 3 nitrogen and oxygen atoms in total. The molecule has 0 saturated carbocycles. The quantitative estimate of drug-likeness (QED) is 0.857. The van der Waals surface area contributed by atoms with E-state index in [4.69, 9.17) is 5.73 Å². The van der Waals surface area contributed by atoms with Crippen LogP contribution in [0.5, 0.6) is 0 Å². The third-order valence-corrected chi connectivity index (χ3v) is 6.15. The summed E-state index contributed by atoms with van der Waals surface area (Å²) < 4.78 is 0. The zero-order valence-electron chi connectivity index (χ0n) is 12.7. The maximum Gasteiger partial charge on any atom is 0.257 e. The van der Waals surface area contributed by atoms with E-state index in [1.165, 1.54) is 16.9 Å². The highest BCUT2D eigenvalue weighted by atomic mass is 32.1. The summed E-state index contributed by atoms with van der Waals surface area (Å²) in [6.45, 7) is 8.54. The largest absolute Gasteiger partial charge is 0.390 e. The number of nitrogens with two attached hydrogens (primary N) is 1. The fourth-order valence-corrected chi connectivity index (χ4v) is 5.16. The monoisotopic (exact) mass is 292 g/mol. The van der Waals surface area contributed by atoms with Gasteiger partial charge in [-0.15, -0.1) is 11.3 Å². The molecule has 0 radical (unpaired) electrons. The van der Waals surface area contributed by atoms with E-state index in [0.29, 0.717) is 5.92 Å². The minimum absolute atomic E-state index is 0.161. The second-order valence-corrected chi connectivity index (χ2v) is 7.98. The number of piperidine rings is 1. The predicted octanol–water partition coefficient (Wildman–Crippen LogP) is 3.74. The molecule has 1 aromatic heterocycles. The van der Waals surface area contributed by atoms with Crippen LogP contribution in [-0.2, 0) is 5.41 Å². The summed E-state index contributed by atoms with van der Waals surface area (Å²) in [6.07, 6.45) is 4.61. The van der Waals surface area contributed by atoms with Crippen LogP contribution in [0.1, 0.15) is 73.2 Å². The first kappa shape index (κ1) is 13.9. The molecule has 1 aliphatic carbocycles. The van der Waals surface area contributed by atoms with Gasteiger partial charge >= 0.3 is 0 Å². The Labute approximate surface area is 125 Å². The second-order valence-electron chi connectivity index (χ2n) is 6.93. The van der Waals surface area contributed by atoms with E-state index in [-0.39, 0.29) is 11.3 Å². The number of nitrogen functional groups attached to an aromatic ring is 1. The first-order chi connectivity index (χ1) is 9.42. The van der Waals surface area contributed by atoms with Crippen LogP contribution in [0.15, 0.2) is 0 Å². The van der Waals surface area contributed by atoms with E-state index in [2.05, 4.69) is 20.8 Å². The average molecular weight is 292 g/mol. The van der Waals surface area contributed by atoms with Crippen molar-refractivity contribution in [2.45, 2.75) is 57.8 Å². The molecule has 110 valence electrons. The lowest BCUT2D eigenvalue weighted by molar-refractivity contribution is 0.0724. The van der Waals surface area contributed by atoms with E-state index in [0.717, 1.165) is 42.9 Å². The average Bonchev–Trinajstić information content (AvgIpc) is 2.86. The van der Waals surface area contributed by atoms with Crippen LogP contribution in [-0.4, -0.2) is 23.9 Å². The smallest absolute Gasteiger partial charge is 0.257 e. The molecule has 0 spiro atoms. The van der Waals surface area contributed by atoms with Gasteiger partial charge < -0.3 is 10.6 Å². The van der Waals surface area contributed by atoms with Crippen LogP contribution in [0, 0.1) is 0 Å². The number of anilines is 1. The predicted molar refractivity (Wildman–Crippen MR) is 84.5 cm³/mol. The molecule has 3 rings (SSSR count). The molecule has 1 unspecified atom stereocenters. The van der Waals surface area contributed by atoms with Crippen LogP contribution in [0.2, 0.25) is 0 Å². The summed E-state index contributed by atoms with van der Waals surface area (Å²) >= 11 is 1.64. The molecule has 1 saturated heterocycles. The summed E-state index contributed by atoms with van der Waals surface area (Å²) in [4.78, 5) is 16.2. The maximum atomic E-state index is 12.9. The summed E-state index contributed by atoms with van der Waals surface area (Å²) in [5.41, 5.74) is 8.44. The number of rotatable bonds is 1. The van der Waals surface area contributed by atoms with Gasteiger partial charge in [-0.1, -0.05) is 20.8 Å². The van der Waals surface area contributed by atoms with Gasteiger partial charge in [0.1, 0.15) is 0 Å². The molecule has 2 heterocycles. The highest BCUT2D eigenvalue weighted by molar-refractivity contribution is 7.16. The number of carbonyl (C=O) groups is 1. The molecule has 20 heavy (non-hydrogen) atoms. The highest BCUT2D eigenvalue weighted by Crippen LogP contribution is 2.53. The molecule has 1 atom stereocenters. The van der Waals surface area contributed by atoms with E-state index in [9.17, 15) is 4.79 Å². The van der Waals surface area contributed by atoms with Gasteiger partial charge in [0, 0.05) is 23.4 Å². The highest BCUT2D eigenvalue weighted by Gasteiger charge is 2.41. The summed E-state index contributed by atoms with van der Waals surface area (Å²) in [6, 6.07) is 0. The number of nitrogens with zero attached hydrogens (tertiary/aromatic N) is 1. The lowest BCUT2D eigenvalue weighted by atomic mass is 9.91. The van der Waals surface area contributed by atoms with Crippen molar-refractivity contribution in [1.82, 2.24) is 4.90 Å². The third-order valence-electron chi connectivity index (χ3n) is 4.75. The minimum Gasteiger partial charge on any atom is -0.390 e. The van der Waals surface area contributed by atoms with E-state index in [1.807, 2.05) is 4.90 Å². The van der Waals surface area contributed by atoms with Crippen molar-refractivity contribution in [3.8, 4) is 0 Å². The number of thiophene rings is 1. The number of carbonyl (C=O) groups excluding carboxylic acids is 1. The van der Waals surface area contributed by atoms with Gasteiger partial charge in [0.2, 0.25) is 0 Å². The Hall–Kier alpha value is -1.03. The molecular formula is C16H24N2OS. The van der Waals surface area contributed by atoms with Crippen molar-refractivity contribution >= 4 is 22.2 Å². The zero-order chi connectivity index (χ0) is 14.5. The molecule has 2 aliphatic rings. The third kappa shape index (κ3) is 2.05. The van der Waals surface area contributed by atoms with Crippen molar-refractivity contribution in [2.24, 2.45) is 0 Å². The van der Waals surface area contributed by atoms with Crippen molar-refractivity contribution in [3.63, 3.8) is 0 Å². The van der Waals surface area contributed by atoms with Gasteiger partial charge in [-0.25, -0.2) is 0 Å². The van der Waals surface area contributed by atoms with E-state index < -0.39 is 0 Å². The lowest BCUT2D eigenvalue weighted by Crippen LogP contribution is -2.36. The molecule has 1 amide bonds. The van der Waals surface area contributed by atoms with Crippen LogP contribution >= 0.6 is 11.3 Å². The number of likely N-dealkylation sites (tertiary alicyclic amines) is 1. The standard InChI is InChI=1S/C16H24N2OS/c1-10-9-16(2,3)13-11(10)12(14(17)20-13)15(19)18-7-5-4-6-8-18/h10H,4-9,17H2,1-3H3. The SMILES string of the molecule is CC1CC(C)(C)c2sc(N)c(C(=O)N3CCCCC3)c21. The topological polar surface area (TPSA) is 46.3 Å². The van der Waals surface area contributed by atoms with Gasteiger partial charge in [-0.2, -0.15) is 0 Å². The normalized spacial score (nSPS) is 24.8. The molecular weight excluding hydrogens is 268 g/mol. The number of fused-ring (bicyclic) bond motifs is 1. The van der Waals surface area contributed by atoms with Crippen LogP contribution in [0.3, 0.4) is 0 Å². The number of hydrogen-bond acceptors (Lipinski definition) is 3. The molecule has 1 aliphatic heterocycles. The van der Waals surface area contributed by atoms with Crippen molar-refractivity contribution in [2.75, 3.05) is 18.8 Å². The fraction of sp³-hybridized carbons (Fsp3) is 0.688. The summed E-state index contributed by atoms with van der Waals surface area (Å²) in [5.74, 6) is 0.613. The molecule has 2 N–H and O–H groups in total. The Morgan fingerprint density at radius 1 is 1.30 bits per heavy atom. The first-order valence-electron chi connectivity index (χ1n) is 7.63. The zero-order valence-corrected chi connectivity index (χ0v) is 13.5. The Balaban J connectivity index is 2.00. The Kier molecular flexibility index (Phi) is 3.32. The fourth-order valence-electron chi connectivity index (χ4n) is 3.87. The Bertz CT molecular complexity index is 541. The summed E-state index contributed by atoms with van der Waals surface area (Å²) in [5, 5.41) is 0.727. The molecule has 1 fully saturated rings.